The predicted molar refractivity (Wildman–Crippen MR) is 125 cm³/mol. The first-order valence-electron chi connectivity index (χ1n) is 10.4. The second-order valence-corrected chi connectivity index (χ2v) is 9.71. The van der Waals surface area contributed by atoms with Crippen LogP contribution in [0.25, 0.3) is 0 Å². The summed E-state index contributed by atoms with van der Waals surface area (Å²) in [6.07, 6.45) is 2.30. The van der Waals surface area contributed by atoms with Crippen LogP contribution >= 0.6 is 11.8 Å². The van der Waals surface area contributed by atoms with Crippen molar-refractivity contribution in [3.05, 3.63) is 65.5 Å². The van der Waals surface area contributed by atoms with Crippen molar-refractivity contribution in [2.75, 3.05) is 23.0 Å². The molecule has 0 spiro atoms. The summed E-state index contributed by atoms with van der Waals surface area (Å²) >= 11 is 1.65. The average molecular weight is 451 g/mol. The van der Waals surface area contributed by atoms with Gasteiger partial charge in [0.05, 0.1) is 5.92 Å². The lowest BCUT2D eigenvalue weighted by atomic mass is 9.87. The molecule has 0 bridgehead atoms. The summed E-state index contributed by atoms with van der Waals surface area (Å²) in [5.41, 5.74) is 2.52. The normalized spacial score (nSPS) is 16.4. The van der Waals surface area contributed by atoms with Crippen LogP contribution in [-0.4, -0.2) is 34.8 Å². The van der Waals surface area contributed by atoms with Crippen LogP contribution in [0, 0.1) is 0 Å². The highest BCUT2D eigenvalue weighted by atomic mass is 32.2. The first-order valence-corrected chi connectivity index (χ1v) is 11.7. The summed E-state index contributed by atoms with van der Waals surface area (Å²) in [4.78, 5) is 28.0. The Hall–Kier alpha value is -3.13. The lowest BCUT2D eigenvalue weighted by molar-refractivity contribution is -0.117. The standard InChI is InChI=1S/C24H26N4O3S/c1-24(2,3)17-7-5-15(6-8-17)21(30)25-23-27-26-22(31-23)16-13-20(29)28(14-16)18-9-11-19(32-4)12-10-18/h5-12,16H,13-14H2,1-4H3,(H,25,27,30). The minimum atomic E-state index is -0.321. The Morgan fingerprint density at radius 1 is 1.09 bits per heavy atom. The third-order valence-corrected chi connectivity index (χ3v) is 6.28. The third kappa shape index (κ3) is 4.70. The fourth-order valence-corrected chi connectivity index (χ4v) is 4.03. The van der Waals surface area contributed by atoms with Crippen LogP contribution < -0.4 is 10.2 Å². The largest absolute Gasteiger partial charge is 0.407 e. The number of carbonyl (C=O) groups is 2. The molecular formula is C24H26N4O3S. The van der Waals surface area contributed by atoms with E-state index in [1.165, 1.54) is 0 Å². The molecule has 8 heteroatoms. The Bertz CT molecular complexity index is 1120. The van der Waals surface area contributed by atoms with Crippen LogP contribution in [0.15, 0.2) is 57.8 Å². The molecule has 3 aromatic rings. The van der Waals surface area contributed by atoms with Crippen LogP contribution in [-0.2, 0) is 10.2 Å². The first-order chi connectivity index (χ1) is 15.2. The van der Waals surface area contributed by atoms with Crippen molar-refractivity contribution < 1.29 is 14.0 Å². The maximum atomic E-state index is 12.5. The number of hydrogen-bond acceptors (Lipinski definition) is 6. The van der Waals surface area contributed by atoms with Gasteiger partial charge in [0.25, 0.3) is 5.91 Å². The van der Waals surface area contributed by atoms with Crippen LogP contribution in [0.1, 0.15) is 54.9 Å². The molecule has 0 aliphatic carbocycles. The van der Waals surface area contributed by atoms with E-state index in [4.69, 9.17) is 4.42 Å². The van der Waals surface area contributed by atoms with Crippen molar-refractivity contribution in [1.29, 1.82) is 0 Å². The number of amides is 2. The van der Waals surface area contributed by atoms with Gasteiger partial charge in [0.15, 0.2) is 0 Å². The third-order valence-electron chi connectivity index (χ3n) is 5.53. The number of thioether (sulfide) groups is 1. The lowest BCUT2D eigenvalue weighted by Crippen LogP contribution is -2.24. The van der Waals surface area contributed by atoms with Gasteiger partial charge in [-0.15, -0.1) is 16.9 Å². The van der Waals surface area contributed by atoms with Crippen LogP contribution in [0.2, 0.25) is 0 Å². The molecule has 2 amide bonds. The van der Waals surface area contributed by atoms with Gasteiger partial charge in [-0.05, 0) is 53.6 Å². The lowest BCUT2D eigenvalue weighted by Gasteiger charge is -2.18. The van der Waals surface area contributed by atoms with E-state index in [9.17, 15) is 9.59 Å². The zero-order valence-electron chi connectivity index (χ0n) is 18.6. The number of anilines is 2. The molecule has 4 rings (SSSR count). The van der Waals surface area contributed by atoms with E-state index in [0.717, 1.165) is 16.1 Å². The summed E-state index contributed by atoms with van der Waals surface area (Å²) in [5, 5.41) is 10.7. The molecule has 166 valence electrons. The minimum Gasteiger partial charge on any atom is -0.407 e. The molecule has 1 aliphatic rings. The number of aromatic nitrogens is 2. The van der Waals surface area contributed by atoms with Gasteiger partial charge in [-0.3, -0.25) is 14.9 Å². The fourth-order valence-electron chi connectivity index (χ4n) is 3.63. The zero-order valence-corrected chi connectivity index (χ0v) is 19.4. The van der Waals surface area contributed by atoms with E-state index >= 15 is 0 Å². The number of nitrogens with zero attached hydrogens (tertiary/aromatic N) is 3. The number of rotatable bonds is 5. The highest BCUT2D eigenvalue weighted by molar-refractivity contribution is 7.98. The van der Waals surface area contributed by atoms with Crippen LogP contribution in [0.3, 0.4) is 0 Å². The van der Waals surface area contributed by atoms with Crippen molar-refractivity contribution >= 4 is 35.3 Å². The molecule has 0 saturated carbocycles. The molecule has 1 N–H and O–H groups in total. The van der Waals surface area contributed by atoms with E-state index in [1.807, 2.05) is 42.7 Å². The Morgan fingerprint density at radius 2 is 1.78 bits per heavy atom. The van der Waals surface area contributed by atoms with Gasteiger partial charge in [-0.1, -0.05) is 38.0 Å². The van der Waals surface area contributed by atoms with Crippen molar-refractivity contribution in [1.82, 2.24) is 10.2 Å². The second kappa shape index (κ2) is 8.78. The quantitative estimate of drug-likeness (QED) is 0.559. The molecule has 0 radical (unpaired) electrons. The number of carbonyl (C=O) groups excluding carboxylic acids is 2. The first kappa shape index (κ1) is 22.1. The maximum absolute atomic E-state index is 12.5. The van der Waals surface area contributed by atoms with Crippen molar-refractivity contribution in [3.63, 3.8) is 0 Å². The van der Waals surface area contributed by atoms with Crippen molar-refractivity contribution in [2.24, 2.45) is 0 Å². The summed E-state index contributed by atoms with van der Waals surface area (Å²) in [5.74, 6) is -0.180. The topological polar surface area (TPSA) is 88.3 Å². The van der Waals surface area contributed by atoms with Crippen molar-refractivity contribution in [3.8, 4) is 0 Å². The predicted octanol–water partition coefficient (Wildman–Crippen LogP) is 4.86. The van der Waals surface area contributed by atoms with E-state index in [2.05, 4.69) is 36.3 Å². The van der Waals surface area contributed by atoms with Gasteiger partial charge in [0.2, 0.25) is 11.8 Å². The highest BCUT2D eigenvalue weighted by Crippen LogP contribution is 2.32. The summed E-state index contributed by atoms with van der Waals surface area (Å²) in [6, 6.07) is 15.3. The Balaban J connectivity index is 1.41. The maximum Gasteiger partial charge on any atom is 0.322 e. The SMILES string of the molecule is CSc1ccc(N2CC(c3nnc(NC(=O)c4ccc(C(C)(C)C)cc4)o3)CC2=O)cc1. The molecule has 1 aromatic heterocycles. The smallest absolute Gasteiger partial charge is 0.322 e. The summed E-state index contributed by atoms with van der Waals surface area (Å²) in [7, 11) is 0. The molecule has 1 aliphatic heterocycles. The van der Waals surface area contributed by atoms with E-state index in [1.54, 1.807) is 28.8 Å². The number of benzene rings is 2. The number of nitrogens with one attached hydrogen (secondary N) is 1. The van der Waals surface area contributed by atoms with Crippen LogP contribution in [0.4, 0.5) is 11.7 Å². The molecule has 2 aromatic carbocycles. The number of hydrogen-bond donors (Lipinski definition) is 1. The minimum absolute atomic E-state index is 0.00891. The van der Waals surface area contributed by atoms with Gasteiger partial charge in [-0.2, -0.15) is 0 Å². The Morgan fingerprint density at radius 3 is 2.41 bits per heavy atom. The molecular weight excluding hydrogens is 424 g/mol. The van der Waals surface area contributed by atoms with E-state index in [-0.39, 0.29) is 35.6 Å². The summed E-state index contributed by atoms with van der Waals surface area (Å²) in [6.45, 7) is 6.82. The molecule has 1 atom stereocenters. The van der Waals surface area contributed by atoms with E-state index in [0.29, 0.717) is 18.0 Å². The van der Waals surface area contributed by atoms with Gasteiger partial charge in [-0.25, -0.2) is 0 Å². The fraction of sp³-hybridized carbons (Fsp3) is 0.333. The highest BCUT2D eigenvalue weighted by Gasteiger charge is 2.35. The summed E-state index contributed by atoms with van der Waals surface area (Å²) < 4.78 is 5.67. The molecule has 1 unspecified atom stereocenters. The monoisotopic (exact) mass is 450 g/mol. The molecule has 32 heavy (non-hydrogen) atoms. The van der Waals surface area contributed by atoms with Gasteiger partial charge < -0.3 is 9.32 Å². The average Bonchev–Trinajstić information content (AvgIpc) is 3.40. The van der Waals surface area contributed by atoms with Crippen molar-refractivity contribution in [2.45, 2.75) is 43.4 Å². The molecule has 7 nitrogen and oxygen atoms in total. The molecule has 1 saturated heterocycles. The van der Waals surface area contributed by atoms with Gasteiger partial charge >= 0.3 is 6.01 Å². The van der Waals surface area contributed by atoms with Crippen LogP contribution in [0.5, 0.6) is 0 Å². The van der Waals surface area contributed by atoms with Gasteiger partial charge in [0, 0.05) is 29.1 Å². The molecule has 1 fully saturated rings. The Labute approximate surface area is 191 Å². The van der Waals surface area contributed by atoms with E-state index < -0.39 is 0 Å². The Kier molecular flexibility index (Phi) is 6.06. The zero-order chi connectivity index (χ0) is 22.9. The molecule has 2 heterocycles. The van der Waals surface area contributed by atoms with Gasteiger partial charge in [0.1, 0.15) is 0 Å². The second-order valence-electron chi connectivity index (χ2n) is 8.83.